The Morgan fingerprint density at radius 1 is 1.04 bits per heavy atom. The molecule has 26 heavy (non-hydrogen) atoms. The highest BCUT2D eigenvalue weighted by molar-refractivity contribution is 5.92. The number of anilines is 1. The molecule has 2 aromatic rings. The summed E-state index contributed by atoms with van der Waals surface area (Å²) in [6.07, 6.45) is 3.50. The van der Waals surface area contributed by atoms with E-state index < -0.39 is 0 Å². The monoisotopic (exact) mass is 350 g/mol. The van der Waals surface area contributed by atoms with Crippen LogP contribution < -0.4 is 9.64 Å². The second-order valence-electron chi connectivity index (χ2n) is 6.64. The Kier molecular flexibility index (Phi) is 5.61. The van der Waals surface area contributed by atoms with Gasteiger partial charge in [0, 0.05) is 37.9 Å². The van der Waals surface area contributed by atoms with Gasteiger partial charge in [-0.05, 0) is 54.8 Å². The lowest BCUT2D eigenvalue weighted by Crippen LogP contribution is -2.48. The molecule has 1 saturated heterocycles. The highest BCUT2D eigenvalue weighted by Gasteiger charge is 2.20. The highest BCUT2D eigenvalue weighted by Crippen LogP contribution is 2.24. The van der Waals surface area contributed by atoms with Crippen molar-refractivity contribution in [3.63, 3.8) is 0 Å². The number of nitrogens with zero attached hydrogens (tertiary/aromatic N) is 2. The van der Waals surface area contributed by atoms with Gasteiger partial charge < -0.3 is 14.5 Å². The van der Waals surface area contributed by atoms with Gasteiger partial charge in [-0.3, -0.25) is 4.79 Å². The first kappa shape index (κ1) is 18.1. The number of methoxy groups -OCH3 is 1. The number of ether oxygens (including phenoxy) is 1. The van der Waals surface area contributed by atoms with Crippen molar-refractivity contribution in [2.24, 2.45) is 0 Å². The molecule has 0 N–H and O–H groups in total. The molecule has 0 atom stereocenters. The number of amides is 1. The molecule has 136 valence electrons. The standard InChI is InChI=1S/C22H26N2O2/c1-17-6-4-9-21(18(17)2)23-12-14-24(15-13-23)22(25)11-10-19-7-5-8-20(16-19)26-3/h4-11,16H,12-15H2,1-3H3/b11-10-. The predicted molar refractivity (Wildman–Crippen MR) is 107 cm³/mol. The van der Waals surface area contributed by atoms with Crippen molar-refractivity contribution in [1.82, 2.24) is 4.90 Å². The third kappa shape index (κ3) is 4.07. The summed E-state index contributed by atoms with van der Waals surface area (Å²) >= 11 is 0. The van der Waals surface area contributed by atoms with Crippen molar-refractivity contribution >= 4 is 17.7 Å². The Morgan fingerprint density at radius 3 is 2.50 bits per heavy atom. The Balaban J connectivity index is 1.59. The van der Waals surface area contributed by atoms with Crippen molar-refractivity contribution in [2.45, 2.75) is 13.8 Å². The van der Waals surface area contributed by atoms with Gasteiger partial charge in [-0.1, -0.05) is 24.3 Å². The van der Waals surface area contributed by atoms with Crippen LogP contribution in [0.1, 0.15) is 16.7 Å². The van der Waals surface area contributed by atoms with Crippen LogP contribution in [0.2, 0.25) is 0 Å². The van der Waals surface area contributed by atoms with Crippen LogP contribution in [0.5, 0.6) is 5.75 Å². The number of aryl methyl sites for hydroxylation is 1. The number of benzene rings is 2. The van der Waals surface area contributed by atoms with Crippen molar-refractivity contribution in [3.8, 4) is 5.75 Å². The molecule has 0 radical (unpaired) electrons. The third-order valence-electron chi connectivity index (χ3n) is 5.02. The molecular weight excluding hydrogens is 324 g/mol. The van der Waals surface area contributed by atoms with E-state index >= 15 is 0 Å². The molecule has 2 aromatic carbocycles. The SMILES string of the molecule is COc1cccc(/C=C\C(=O)N2CCN(c3cccc(C)c3C)CC2)c1. The quantitative estimate of drug-likeness (QED) is 0.789. The maximum atomic E-state index is 12.5. The Morgan fingerprint density at radius 2 is 1.77 bits per heavy atom. The predicted octanol–water partition coefficient (Wildman–Crippen LogP) is 3.67. The smallest absolute Gasteiger partial charge is 0.246 e. The van der Waals surface area contributed by atoms with Gasteiger partial charge in [-0.15, -0.1) is 0 Å². The van der Waals surface area contributed by atoms with E-state index in [4.69, 9.17) is 4.74 Å². The number of rotatable bonds is 4. The third-order valence-corrected chi connectivity index (χ3v) is 5.02. The molecule has 1 heterocycles. The van der Waals surface area contributed by atoms with Gasteiger partial charge in [-0.2, -0.15) is 0 Å². The maximum Gasteiger partial charge on any atom is 0.246 e. The second kappa shape index (κ2) is 8.09. The Labute approximate surface area is 155 Å². The first-order valence-electron chi connectivity index (χ1n) is 9.00. The average molecular weight is 350 g/mol. The van der Waals surface area contributed by atoms with Gasteiger partial charge >= 0.3 is 0 Å². The summed E-state index contributed by atoms with van der Waals surface area (Å²) in [5.41, 5.74) is 4.88. The lowest BCUT2D eigenvalue weighted by Gasteiger charge is -2.36. The van der Waals surface area contributed by atoms with Crippen LogP contribution in [0.15, 0.2) is 48.5 Å². The highest BCUT2D eigenvalue weighted by atomic mass is 16.5. The summed E-state index contributed by atoms with van der Waals surface area (Å²) in [6, 6.07) is 14.1. The van der Waals surface area contributed by atoms with E-state index in [2.05, 4.69) is 36.9 Å². The molecule has 3 rings (SSSR count). The van der Waals surface area contributed by atoms with E-state index in [1.165, 1.54) is 16.8 Å². The fourth-order valence-corrected chi connectivity index (χ4v) is 3.26. The first-order chi connectivity index (χ1) is 12.6. The van der Waals surface area contributed by atoms with E-state index in [9.17, 15) is 4.79 Å². The molecule has 4 heteroatoms. The van der Waals surface area contributed by atoms with Crippen LogP contribution in [0.25, 0.3) is 6.08 Å². The minimum Gasteiger partial charge on any atom is -0.497 e. The normalized spacial score (nSPS) is 14.7. The lowest BCUT2D eigenvalue weighted by atomic mass is 10.1. The Bertz CT molecular complexity index is 806. The number of hydrogen-bond donors (Lipinski definition) is 0. The summed E-state index contributed by atoms with van der Waals surface area (Å²) < 4.78 is 5.22. The topological polar surface area (TPSA) is 32.8 Å². The molecule has 0 aromatic heterocycles. The van der Waals surface area contributed by atoms with Crippen molar-refractivity contribution in [2.75, 3.05) is 38.2 Å². The van der Waals surface area contributed by atoms with E-state index in [0.717, 1.165) is 37.5 Å². The zero-order chi connectivity index (χ0) is 18.5. The minimum absolute atomic E-state index is 0.0634. The molecule has 0 aliphatic carbocycles. The van der Waals surface area contributed by atoms with Gasteiger partial charge in [0.25, 0.3) is 0 Å². The second-order valence-corrected chi connectivity index (χ2v) is 6.64. The summed E-state index contributed by atoms with van der Waals surface area (Å²) in [6.45, 7) is 7.52. The Hall–Kier alpha value is -2.75. The lowest BCUT2D eigenvalue weighted by molar-refractivity contribution is -0.126. The van der Waals surface area contributed by atoms with Crippen LogP contribution in [0.3, 0.4) is 0 Å². The van der Waals surface area contributed by atoms with Gasteiger partial charge in [-0.25, -0.2) is 0 Å². The number of hydrogen-bond acceptors (Lipinski definition) is 3. The molecule has 1 aliphatic rings. The van der Waals surface area contributed by atoms with Gasteiger partial charge in [0.2, 0.25) is 5.91 Å². The van der Waals surface area contributed by atoms with Crippen molar-refractivity contribution in [1.29, 1.82) is 0 Å². The molecule has 0 spiro atoms. The largest absolute Gasteiger partial charge is 0.497 e. The fourth-order valence-electron chi connectivity index (χ4n) is 3.26. The number of carbonyl (C=O) groups is 1. The van der Waals surface area contributed by atoms with Crippen molar-refractivity contribution < 1.29 is 9.53 Å². The maximum absolute atomic E-state index is 12.5. The van der Waals surface area contributed by atoms with Gasteiger partial charge in [0.05, 0.1) is 7.11 Å². The fraction of sp³-hybridized carbons (Fsp3) is 0.318. The molecule has 4 nitrogen and oxygen atoms in total. The van der Waals surface area contributed by atoms with Crippen LogP contribution in [0, 0.1) is 13.8 Å². The molecule has 0 bridgehead atoms. The van der Waals surface area contributed by atoms with Crippen molar-refractivity contribution in [3.05, 3.63) is 65.2 Å². The average Bonchev–Trinajstić information content (AvgIpc) is 2.68. The summed E-state index contributed by atoms with van der Waals surface area (Å²) in [5.74, 6) is 0.857. The first-order valence-corrected chi connectivity index (χ1v) is 9.00. The van der Waals surface area contributed by atoms with E-state index in [0.29, 0.717) is 0 Å². The molecule has 0 saturated carbocycles. The zero-order valence-electron chi connectivity index (χ0n) is 15.7. The van der Waals surface area contributed by atoms with Crippen LogP contribution >= 0.6 is 0 Å². The number of carbonyl (C=O) groups excluding carboxylic acids is 1. The van der Waals surface area contributed by atoms with Crippen LogP contribution in [-0.4, -0.2) is 44.1 Å². The summed E-state index contributed by atoms with van der Waals surface area (Å²) in [7, 11) is 1.64. The minimum atomic E-state index is 0.0634. The van der Waals surface area contributed by atoms with E-state index in [-0.39, 0.29) is 5.91 Å². The number of piperazine rings is 1. The van der Waals surface area contributed by atoms with E-state index in [1.54, 1.807) is 13.2 Å². The molecule has 1 amide bonds. The molecule has 1 aliphatic heterocycles. The summed E-state index contributed by atoms with van der Waals surface area (Å²) in [5, 5.41) is 0. The van der Waals surface area contributed by atoms with E-state index in [1.807, 2.05) is 35.2 Å². The molecule has 0 unspecified atom stereocenters. The van der Waals surface area contributed by atoms with Gasteiger partial charge in [0.1, 0.15) is 5.75 Å². The summed E-state index contributed by atoms with van der Waals surface area (Å²) in [4.78, 5) is 16.8. The molecule has 1 fully saturated rings. The molecular formula is C22H26N2O2. The van der Waals surface area contributed by atoms with Gasteiger partial charge in [0.15, 0.2) is 0 Å². The van der Waals surface area contributed by atoms with Crippen LogP contribution in [0.4, 0.5) is 5.69 Å². The van der Waals surface area contributed by atoms with Crippen LogP contribution in [-0.2, 0) is 4.79 Å². The zero-order valence-corrected chi connectivity index (χ0v) is 15.7.